The van der Waals surface area contributed by atoms with Crippen molar-refractivity contribution in [1.29, 1.82) is 5.26 Å². The lowest BCUT2D eigenvalue weighted by atomic mass is 10.2. The quantitative estimate of drug-likeness (QED) is 0.783. The molecular weight excluding hydrogens is 254 g/mol. The summed E-state index contributed by atoms with van der Waals surface area (Å²) in [6.45, 7) is 0.493. The number of nitriles is 1. The van der Waals surface area contributed by atoms with E-state index < -0.39 is 0 Å². The predicted molar refractivity (Wildman–Crippen MR) is 72.1 cm³/mol. The van der Waals surface area contributed by atoms with E-state index in [2.05, 4.69) is 15.6 Å². The second kappa shape index (κ2) is 5.28. The van der Waals surface area contributed by atoms with Crippen LogP contribution >= 0.6 is 0 Å². The van der Waals surface area contributed by atoms with Crippen LogP contribution in [0.3, 0.4) is 0 Å². The summed E-state index contributed by atoms with van der Waals surface area (Å²) in [6.07, 6.45) is 3.41. The SMILES string of the molecule is N#Cc1ccc(CNc2ccccc2-n2ccnn2)o1. The highest BCUT2D eigenvalue weighted by atomic mass is 16.3. The van der Waals surface area contributed by atoms with Gasteiger partial charge >= 0.3 is 0 Å². The van der Waals surface area contributed by atoms with Crippen LogP contribution < -0.4 is 5.32 Å². The van der Waals surface area contributed by atoms with E-state index in [0.717, 1.165) is 11.4 Å². The average molecular weight is 265 g/mol. The van der Waals surface area contributed by atoms with Crippen molar-refractivity contribution < 1.29 is 4.42 Å². The molecule has 0 aliphatic carbocycles. The minimum atomic E-state index is 0.311. The van der Waals surface area contributed by atoms with Crippen molar-refractivity contribution in [3.05, 3.63) is 60.3 Å². The number of hydrogen-bond donors (Lipinski definition) is 1. The molecule has 0 bridgehead atoms. The van der Waals surface area contributed by atoms with Gasteiger partial charge in [0.1, 0.15) is 11.8 Å². The van der Waals surface area contributed by atoms with Gasteiger partial charge in [0.05, 0.1) is 30.3 Å². The van der Waals surface area contributed by atoms with Crippen molar-refractivity contribution in [1.82, 2.24) is 15.0 Å². The largest absolute Gasteiger partial charge is 0.449 e. The van der Waals surface area contributed by atoms with Crippen LogP contribution in [0.25, 0.3) is 5.69 Å². The highest BCUT2D eigenvalue weighted by molar-refractivity contribution is 5.60. The van der Waals surface area contributed by atoms with Crippen molar-refractivity contribution in [2.45, 2.75) is 6.54 Å². The van der Waals surface area contributed by atoms with Crippen LogP contribution in [0, 0.1) is 11.3 Å². The van der Waals surface area contributed by atoms with Crippen molar-refractivity contribution in [3.63, 3.8) is 0 Å². The van der Waals surface area contributed by atoms with E-state index in [4.69, 9.17) is 9.68 Å². The fourth-order valence-corrected chi connectivity index (χ4v) is 1.87. The molecular formula is C14H11N5O. The van der Waals surface area contributed by atoms with Gasteiger partial charge in [-0.15, -0.1) is 5.10 Å². The van der Waals surface area contributed by atoms with E-state index in [1.807, 2.05) is 30.3 Å². The Labute approximate surface area is 115 Å². The summed E-state index contributed by atoms with van der Waals surface area (Å²) in [5, 5.41) is 19.8. The molecule has 0 spiro atoms. The molecule has 20 heavy (non-hydrogen) atoms. The molecule has 1 aromatic carbocycles. The molecule has 3 rings (SSSR count). The molecule has 0 saturated carbocycles. The molecule has 3 aromatic rings. The second-order valence-corrected chi connectivity index (χ2v) is 4.10. The van der Waals surface area contributed by atoms with Crippen LogP contribution in [0.5, 0.6) is 0 Å². The molecule has 2 aromatic heterocycles. The molecule has 0 atom stereocenters. The van der Waals surface area contributed by atoms with E-state index in [9.17, 15) is 0 Å². The molecule has 2 heterocycles. The first kappa shape index (κ1) is 12.0. The van der Waals surface area contributed by atoms with Crippen LogP contribution in [-0.2, 0) is 6.54 Å². The molecule has 0 radical (unpaired) electrons. The van der Waals surface area contributed by atoms with Crippen LogP contribution in [0.2, 0.25) is 0 Å². The van der Waals surface area contributed by atoms with Gasteiger partial charge in [0, 0.05) is 0 Å². The van der Waals surface area contributed by atoms with E-state index in [1.54, 1.807) is 29.2 Å². The molecule has 6 heteroatoms. The molecule has 0 saturated heterocycles. The topological polar surface area (TPSA) is 79.7 Å². The Kier molecular flexibility index (Phi) is 3.17. The van der Waals surface area contributed by atoms with E-state index in [-0.39, 0.29) is 0 Å². The summed E-state index contributed by atoms with van der Waals surface area (Å²) in [6, 6.07) is 13.2. The van der Waals surface area contributed by atoms with Crippen LogP contribution in [-0.4, -0.2) is 15.0 Å². The summed E-state index contributed by atoms with van der Waals surface area (Å²) >= 11 is 0. The minimum absolute atomic E-state index is 0.311. The molecule has 0 aliphatic rings. The number of benzene rings is 1. The first-order valence-electron chi connectivity index (χ1n) is 6.05. The molecule has 98 valence electrons. The normalized spacial score (nSPS) is 10.2. The fourth-order valence-electron chi connectivity index (χ4n) is 1.87. The molecule has 0 unspecified atom stereocenters. The maximum absolute atomic E-state index is 8.72. The van der Waals surface area contributed by atoms with Gasteiger partial charge in [-0.1, -0.05) is 17.3 Å². The Morgan fingerprint density at radius 3 is 2.90 bits per heavy atom. The van der Waals surface area contributed by atoms with E-state index in [0.29, 0.717) is 18.1 Å². The third-order valence-electron chi connectivity index (χ3n) is 2.80. The Morgan fingerprint density at radius 1 is 1.25 bits per heavy atom. The highest BCUT2D eigenvalue weighted by Gasteiger charge is 2.06. The lowest BCUT2D eigenvalue weighted by molar-refractivity contribution is 0.506. The Balaban J connectivity index is 1.80. The Hall–Kier alpha value is -3.07. The second-order valence-electron chi connectivity index (χ2n) is 4.10. The van der Waals surface area contributed by atoms with Crippen molar-refractivity contribution in [2.24, 2.45) is 0 Å². The zero-order chi connectivity index (χ0) is 13.8. The summed E-state index contributed by atoms with van der Waals surface area (Å²) in [5.74, 6) is 1.02. The van der Waals surface area contributed by atoms with Gasteiger partial charge in [-0.25, -0.2) is 4.68 Å². The van der Waals surface area contributed by atoms with Gasteiger partial charge in [0.25, 0.3) is 0 Å². The standard InChI is InChI=1S/C14H11N5O/c15-9-11-5-6-12(20-11)10-16-13-3-1-2-4-14(13)19-8-7-17-18-19/h1-8,16H,10H2. The zero-order valence-corrected chi connectivity index (χ0v) is 10.5. The third kappa shape index (κ3) is 2.37. The zero-order valence-electron chi connectivity index (χ0n) is 10.5. The number of hydrogen-bond acceptors (Lipinski definition) is 5. The van der Waals surface area contributed by atoms with Crippen molar-refractivity contribution in [3.8, 4) is 11.8 Å². The molecule has 1 N–H and O–H groups in total. The number of furan rings is 1. The predicted octanol–water partition coefficient (Wildman–Crippen LogP) is 2.34. The Morgan fingerprint density at radius 2 is 2.15 bits per heavy atom. The van der Waals surface area contributed by atoms with Crippen molar-refractivity contribution >= 4 is 5.69 Å². The van der Waals surface area contributed by atoms with Gasteiger partial charge in [-0.2, -0.15) is 5.26 Å². The van der Waals surface area contributed by atoms with Gasteiger partial charge in [0.15, 0.2) is 0 Å². The first-order valence-corrected chi connectivity index (χ1v) is 6.05. The summed E-state index contributed by atoms with van der Waals surface area (Å²) in [5.41, 5.74) is 1.81. The van der Waals surface area contributed by atoms with E-state index in [1.165, 1.54) is 0 Å². The lowest BCUT2D eigenvalue weighted by Gasteiger charge is -2.10. The summed E-state index contributed by atoms with van der Waals surface area (Å²) in [4.78, 5) is 0. The number of nitrogens with one attached hydrogen (secondary N) is 1. The number of rotatable bonds is 4. The van der Waals surface area contributed by atoms with Crippen LogP contribution in [0.4, 0.5) is 5.69 Å². The molecule has 0 aliphatic heterocycles. The number of nitrogens with zero attached hydrogens (tertiary/aromatic N) is 4. The molecule has 6 nitrogen and oxygen atoms in total. The van der Waals surface area contributed by atoms with Crippen LogP contribution in [0.15, 0.2) is 53.2 Å². The summed E-state index contributed by atoms with van der Waals surface area (Å²) in [7, 11) is 0. The fraction of sp³-hybridized carbons (Fsp3) is 0.0714. The van der Waals surface area contributed by atoms with Gasteiger partial charge < -0.3 is 9.73 Å². The number of aromatic nitrogens is 3. The monoisotopic (exact) mass is 265 g/mol. The van der Waals surface area contributed by atoms with Gasteiger partial charge in [-0.3, -0.25) is 0 Å². The lowest BCUT2D eigenvalue weighted by Crippen LogP contribution is -2.04. The first-order chi connectivity index (χ1) is 9.86. The third-order valence-corrected chi connectivity index (χ3v) is 2.80. The molecule has 0 amide bonds. The number of para-hydroxylation sites is 2. The summed E-state index contributed by atoms with van der Waals surface area (Å²) < 4.78 is 7.01. The highest BCUT2D eigenvalue weighted by Crippen LogP contribution is 2.19. The van der Waals surface area contributed by atoms with E-state index >= 15 is 0 Å². The molecule has 0 fully saturated rings. The minimum Gasteiger partial charge on any atom is -0.449 e. The number of anilines is 1. The average Bonchev–Trinajstić information content (AvgIpc) is 3.17. The van der Waals surface area contributed by atoms with Gasteiger partial charge in [-0.05, 0) is 24.3 Å². The van der Waals surface area contributed by atoms with Crippen LogP contribution in [0.1, 0.15) is 11.5 Å². The maximum Gasteiger partial charge on any atom is 0.203 e. The maximum atomic E-state index is 8.72. The van der Waals surface area contributed by atoms with Crippen molar-refractivity contribution in [2.75, 3.05) is 5.32 Å². The Bertz CT molecular complexity index is 739. The van der Waals surface area contributed by atoms with Gasteiger partial charge in [0.2, 0.25) is 5.76 Å². The smallest absolute Gasteiger partial charge is 0.203 e.